The molecule has 1 aromatic heterocycles. The van der Waals surface area contributed by atoms with Crippen LogP contribution < -0.4 is 4.98 Å². The van der Waals surface area contributed by atoms with Gasteiger partial charge >= 0.3 is 11.3 Å². The zero-order chi connectivity index (χ0) is 21.5. The molecule has 0 atom stereocenters. The van der Waals surface area contributed by atoms with Crippen molar-refractivity contribution in [1.82, 2.24) is 4.90 Å². The molecule has 0 radical (unpaired) electrons. The van der Waals surface area contributed by atoms with E-state index >= 15 is 0 Å². The number of aromatic amines is 1. The number of carbonyl (C=O) groups is 1. The van der Waals surface area contributed by atoms with Gasteiger partial charge in [0, 0.05) is 20.8 Å². The average Bonchev–Trinajstić information content (AvgIpc) is 3.17. The number of methoxy groups -OCH3 is 2. The molecule has 0 aliphatic rings. The zero-order valence-corrected chi connectivity index (χ0v) is 17.6. The van der Waals surface area contributed by atoms with Crippen molar-refractivity contribution in [2.24, 2.45) is 0 Å². The van der Waals surface area contributed by atoms with Crippen LogP contribution in [0.2, 0.25) is 0 Å². The Labute approximate surface area is 178 Å². The SMILES string of the molecule is COC(CN(CCc1ccc(O)c2[nH+]c(O)sc12)C(=O)OCc1ccccc1)OC. The van der Waals surface area contributed by atoms with Crippen molar-refractivity contribution in [1.29, 1.82) is 0 Å². The predicted molar refractivity (Wildman–Crippen MR) is 111 cm³/mol. The zero-order valence-electron chi connectivity index (χ0n) is 16.8. The summed E-state index contributed by atoms with van der Waals surface area (Å²) >= 11 is 1.14. The first-order chi connectivity index (χ1) is 14.5. The molecule has 8 nitrogen and oxygen atoms in total. The number of amides is 1. The van der Waals surface area contributed by atoms with Crippen LogP contribution in [0.3, 0.4) is 0 Å². The predicted octanol–water partition coefficient (Wildman–Crippen LogP) is 2.93. The van der Waals surface area contributed by atoms with Gasteiger partial charge in [0.25, 0.3) is 5.52 Å². The number of rotatable bonds is 9. The Morgan fingerprint density at radius 1 is 1.13 bits per heavy atom. The largest absolute Gasteiger partial charge is 0.502 e. The summed E-state index contributed by atoms with van der Waals surface area (Å²) in [5, 5.41) is 19.8. The van der Waals surface area contributed by atoms with Crippen LogP contribution in [-0.4, -0.2) is 54.8 Å². The van der Waals surface area contributed by atoms with Crippen molar-refractivity contribution in [2.75, 3.05) is 27.3 Å². The number of ether oxygens (including phenoxy) is 3. The second-order valence-corrected chi connectivity index (χ2v) is 7.62. The van der Waals surface area contributed by atoms with Gasteiger partial charge in [0.05, 0.1) is 6.54 Å². The molecule has 0 saturated heterocycles. The quantitative estimate of drug-likeness (QED) is 0.503. The van der Waals surface area contributed by atoms with Crippen LogP contribution in [0.5, 0.6) is 10.9 Å². The van der Waals surface area contributed by atoms with Crippen LogP contribution in [0.4, 0.5) is 4.79 Å². The summed E-state index contributed by atoms with van der Waals surface area (Å²) in [7, 11) is 3.02. The number of phenols is 1. The Kier molecular flexibility index (Phi) is 7.45. The lowest BCUT2D eigenvalue weighted by Crippen LogP contribution is -2.40. The average molecular weight is 434 g/mol. The van der Waals surface area contributed by atoms with Crippen molar-refractivity contribution < 1.29 is 34.2 Å². The standard InChI is InChI=1S/C21H24N2O6S/c1-27-17(28-2)12-23(21(26)29-13-14-6-4-3-5-7-14)11-10-15-8-9-16(24)18-19(15)30-20(25)22-18/h3-9,17,24H,10-13H2,1-2H3,(H,22,25)/p+1. The molecule has 0 bridgehead atoms. The molecule has 160 valence electrons. The Morgan fingerprint density at radius 3 is 2.57 bits per heavy atom. The van der Waals surface area contributed by atoms with E-state index in [1.807, 2.05) is 30.3 Å². The van der Waals surface area contributed by atoms with Crippen molar-refractivity contribution in [3.63, 3.8) is 0 Å². The third kappa shape index (κ3) is 5.38. The lowest BCUT2D eigenvalue weighted by Gasteiger charge is -2.25. The maximum Gasteiger partial charge on any atom is 0.427 e. The number of thiazole rings is 1. The molecule has 30 heavy (non-hydrogen) atoms. The van der Waals surface area contributed by atoms with Gasteiger partial charge in [-0.05, 0) is 35.0 Å². The minimum absolute atomic E-state index is 0.00528. The van der Waals surface area contributed by atoms with Gasteiger partial charge in [0.2, 0.25) is 0 Å². The van der Waals surface area contributed by atoms with E-state index in [1.54, 1.807) is 12.1 Å². The highest BCUT2D eigenvalue weighted by Crippen LogP contribution is 2.32. The van der Waals surface area contributed by atoms with Crippen molar-refractivity contribution in [2.45, 2.75) is 19.3 Å². The van der Waals surface area contributed by atoms with E-state index in [0.29, 0.717) is 18.5 Å². The summed E-state index contributed by atoms with van der Waals surface area (Å²) in [5.41, 5.74) is 2.25. The molecular formula is C21H25N2O6S+. The lowest BCUT2D eigenvalue weighted by atomic mass is 10.1. The normalized spacial score (nSPS) is 11.2. The van der Waals surface area contributed by atoms with Crippen LogP contribution in [0.15, 0.2) is 42.5 Å². The van der Waals surface area contributed by atoms with Gasteiger partial charge in [0.1, 0.15) is 11.3 Å². The molecule has 9 heteroatoms. The molecule has 1 amide bonds. The minimum Gasteiger partial charge on any atom is -0.502 e. The molecule has 0 aliphatic heterocycles. The topological polar surface area (TPSA) is 103 Å². The van der Waals surface area contributed by atoms with Gasteiger partial charge in [-0.15, -0.1) is 0 Å². The van der Waals surface area contributed by atoms with E-state index in [2.05, 4.69) is 4.98 Å². The second-order valence-electron chi connectivity index (χ2n) is 6.62. The molecule has 0 fully saturated rings. The summed E-state index contributed by atoms with van der Waals surface area (Å²) in [5.74, 6) is 0.0586. The third-order valence-electron chi connectivity index (χ3n) is 4.66. The van der Waals surface area contributed by atoms with Crippen LogP contribution in [0, 0.1) is 0 Å². The lowest BCUT2D eigenvalue weighted by molar-refractivity contribution is -0.356. The van der Waals surface area contributed by atoms with E-state index in [4.69, 9.17) is 14.2 Å². The number of aromatic nitrogens is 1. The Bertz CT molecular complexity index is 974. The van der Waals surface area contributed by atoms with Crippen LogP contribution in [0.1, 0.15) is 11.1 Å². The highest BCUT2D eigenvalue weighted by molar-refractivity contribution is 7.19. The summed E-state index contributed by atoms with van der Waals surface area (Å²) in [6.45, 7) is 0.705. The molecular weight excluding hydrogens is 408 g/mol. The fourth-order valence-corrected chi connectivity index (χ4v) is 3.93. The Morgan fingerprint density at radius 2 is 1.87 bits per heavy atom. The first kappa shape index (κ1) is 21.8. The number of nitrogens with zero attached hydrogens (tertiary/aromatic N) is 1. The van der Waals surface area contributed by atoms with Gasteiger partial charge in [-0.2, -0.15) is 4.98 Å². The van der Waals surface area contributed by atoms with Crippen molar-refractivity contribution in [3.05, 3.63) is 53.6 Å². The molecule has 0 aliphatic carbocycles. The summed E-state index contributed by atoms with van der Waals surface area (Å²) in [6.07, 6.45) is -0.577. The molecule has 3 N–H and O–H groups in total. The van der Waals surface area contributed by atoms with Crippen molar-refractivity contribution >= 4 is 27.6 Å². The van der Waals surface area contributed by atoms with Crippen LogP contribution in [0.25, 0.3) is 10.2 Å². The number of phenolic OH excluding ortho intramolecular Hbond substituents is 1. The highest BCUT2D eigenvalue weighted by Gasteiger charge is 2.22. The van der Waals surface area contributed by atoms with E-state index in [9.17, 15) is 15.0 Å². The van der Waals surface area contributed by atoms with Gasteiger partial charge in [-0.1, -0.05) is 36.4 Å². The fourth-order valence-electron chi connectivity index (χ4n) is 3.03. The molecule has 1 heterocycles. The number of aromatic hydroxyl groups is 2. The molecule has 3 rings (SSSR count). The number of benzene rings is 2. The molecule has 0 unspecified atom stereocenters. The fraction of sp³-hybridized carbons (Fsp3) is 0.333. The number of H-pyrrole nitrogens is 1. The minimum atomic E-state index is -0.590. The number of hydrogen-bond acceptors (Lipinski definition) is 7. The van der Waals surface area contributed by atoms with Crippen LogP contribution in [-0.2, 0) is 27.2 Å². The highest BCUT2D eigenvalue weighted by atomic mass is 32.1. The number of carbonyl (C=O) groups excluding carboxylic acids is 1. The van der Waals surface area contributed by atoms with E-state index < -0.39 is 12.4 Å². The van der Waals surface area contributed by atoms with Crippen molar-refractivity contribution in [3.8, 4) is 10.9 Å². The van der Waals surface area contributed by atoms with Gasteiger partial charge in [-0.25, -0.2) is 4.79 Å². The first-order valence-corrected chi connectivity index (χ1v) is 10.2. The number of nitrogens with one attached hydrogen (secondary N) is 1. The van der Waals surface area contributed by atoms with Gasteiger partial charge in [0.15, 0.2) is 12.0 Å². The number of fused-ring (bicyclic) bond motifs is 1. The van der Waals surface area contributed by atoms with E-state index in [1.165, 1.54) is 19.1 Å². The monoisotopic (exact) mass is 433 g/mol. The van der Waals surface area contributed by atoms with Gasteiger partial charge < -0.3 is 29.3 Å². The number of hydrogen-bond donors (Lipinski definition) is 2. The molecule has 2 aromatic carbocycles. The summed E-state index contributed by atoms with van der Waals surface area (Å²) in [4.78, 5) is 17.0. The summed E-state index contributed by atoms with van der Waals surface area (Å²) in [6, 6.07) is 12.8. The Hall–Kier alpha value is -2.88. The smallest absolute Gasteiger partial charge is 0.427 e. The maximum atomic E-state index is 12.7. The van der Waals surface area contributed by atoms with E-state index in [0.717, 1.165) is 27.2 Å². The van der Waals surface area contributed by atoms with Crippen LogP contribution >= 0.6 is 11.3 Å². The third-order valence-corrected chi connectivity index (χ3v) is 5.62. The summed E-state index contributed by atoms with van der Waals surface area (Å²) < 4.78 is 16.7. The molecule has 0 saturated carbocycles. The second kappa shape index (κ2) is 10.2. The van der Waals surface area contributed by atoms with E-state index in [-0.39, 0.29) is 24.1 Å². The van der Waals surface area contributed by atoms with Gasteiger partial charge in [-0.3, -0.25) is 0 Å². The molecule has 0 spiro atoms. The first-order valence-electron chi connectivity index (χ1n) is 9.38. The maximum absolute atomic E-state index is 12.7. The molecule has 3 aromatic rings. The Balaban J connectivity index is 1.72.